The predicted octanol–water partition coefficient (Wildman–Crippen LogP) is 4.34. The summed E-state index contributed by atoms with van der Waals surface area (Å²) in [7, 11) is 0. The highest BCUT2D eigenvalue weighted by Gasteiger charge is 2.21. The monoisotopic (exact) mass is 292 g/mol. The van der Waals surface area contributed by atoms with E-state index >= 15 is 0 Å². The fourth-order valence-electron chi connectivity index (χ4n) is 2.90. The Bertz CT molecular complexity index is 465. The van der Waals surface area contributed by atoms with E-state index in [0.29, 0.717) is 12.5 Å². The van der Waals surface area contributed by atoms with Crippen LogP contribution in [0.4, 0.5) is 10.1 Å². The van der Waals surface area contributed by atoms with Gasteiger partial charge in [0.15, 0.2) is 0 Å². The average molecular weight is 292 g/mol. The van der Waals surface area contributed by atoms with Gasteiger partial charge in [-0.15, -0.1) is 0 Å². The molecular formula is C18H29FN2. The highest BCUT2D eigenvalue weighted by atomic mass is 19.1. The summed E-state index contributed by atoms with van der Waals surface area (Å²) >= 11 is 0. The third kappa shape index (κ3) is 4.70. The van der Waals surface area contributed by atoms with Gasteiger partial charge in [0.2, 0.25) is 0 Å². The Kier molecular flexibility index (Phi) is 5.26. The quantitative estimate of drug-likeness (QED) is 0.888. The molecule has 3 heteroatoms. The molecule has 0 saturated carbocycles. The van der Waals surface area contributed by atoms with Gasteiger partial charge in [0.1, 0.15) is 5.82 Å². The summed E-state index contributed by atoms with van der Waals surface area (Å²) in [4.78, 5) is 2.22. The van der Waals surface area contributed by atoms with Gasteiger partial charge in [-0.1, -0.05) is 19.4 Å². The number of piperidine rings is 1. The average Bonchev–Trinajstić information content (AvgIpc) is 2.44. The van der Waals surface area contributed by atoms with E-state index in [0.717, 1.165) is 24.3 Å². The van der Waals surface area contributed by atoms with Crippen molar-refractivity contribution in [1.29, 1.82) is 0 Å². The van der Waals surface area contributed by atoms with Crippen LogP contribution in [-0.4, -0.2) is 18.6 Å². The third-order valence-electron chi connectivity index (χ3n) is 4.27. The number of halogens is 1. The Labute approximate surface area is 128 Å². The molecule has 1 aliphatic heterocycles. The van der Waals surface area contributed by atoms with Crippen molar-refractivity contribution in [2.24, 2.45) is 5.92 Å². The van der Waals surface area contributed by atoms with Gasteiger partial charge in [0, 0.05) is 25.2 Å². The third-order valence-corrected chi connectivity index (χ3v) is 4.27. The molecule has 21 heavy (non-hydrogen) atoms. The van der Waals surface area contributed by atoms with E-state index in [2.05, 4.69) is 37.9 Å². The van der Waals surface area contributed by atoms with Gasteiger partial charge in [0.05, 0.1) is 5.69 Å². The second kappa shape index (κ2) is 6.78. The molecule has 1 aromatic carbocycles. The van der Waals surface area contributed by atoms with Crippen molar-refractivity contribution in [3.8, 4) is 0 Å². The summed E-state index contributed by atoms with van der Waals surface area (Å²) in [5.74, 6) is 0.625. The standard InChI is InChI=1S/C18H29FN2/c1-5-14-7-6-10-21(13-14)17-9-8-15(11-16(17)19)12-20-18(2,3)4/h8-9,11,14,20H,5-7,10,12-13H2,1-4H3. The lowest BCUT2D eigenvalue weighted by molar-refractivity contribution is 0.401. The number of nitrogens with zero attached hydrogens (tertiary/aromatic N) is 1. The van der Waals surface area contributed by atoms with Crippen LogP contribution < -0.4 is 10.2 Å². The minimum Gasteiger partial charge on any atom is -0.369 e. The van der Waals surface area contributed by atoms with Crippen LogP contribution in [0, 0.1) is 11.7 Å². The van der Waals surface area contributed by atoms with E-state index < -0.39 is 0 Å². The number of benzene rings is 1. The SMILES string of the molecule is CCC1CCCN(c2ccc(CNC(C)(C)C)cc2F)C1. The lowest BCUT2D eigenvalue weighted by Crippen LogP contribution is -2.36. The summed E-state index contributed by atoms with van der Waals surface area (Å²) in [5, 5.41) is 3.40. The predicted molar refractivity (Wildman–Crippen MR) is 88.2 cm³/mol. The summed E-state index contributed by atoms with van der Waals surface area (Å²) in [6.07, 6.45) is 3.64. The van der Waals surface area contributed by atoms with E-state index in [-0.39, 0.29) is 11.4 Å². The van der Waals surface area contributed by atoms with Crippen molar-refractivity contribution >= 4 is 5.69 Å². The maximum absolute atomic E-state index is 14.4. The Hall–Kier alpha value is -1.09. The zero-order valence-electron chi connectivity index (χ0n) is 13.9. The first-order valence-electron chi connectivity index (χ1n) is 8.17. The van der Waals surface area contributed by atoms with Crippen molar-refractivity contribution in [3.63, 3.8) is 0 Å². The molecule has 1 heterocycles. The van der Waals surface area contributed by atoms with Crippen molar-refractivity contribution in [1.82, 2.24) is 5.32 Å². The number of hydrogen-bond donors (Lipinski definition) is 1. The van der Waals surface area contributed by atoms with Crippen LogP contribution in [0.25, 0.3) is 0 Å². The van der Waals surface area contributed by atoms with E-state index in [1.807, 2.05) is 12.1 Å². The van der Waals surface area contributed by atoms with Gasteiger partial charge < -0.3 is 10.2 Å². The fourth-order valence-corrected chi connectivity index (χ4v) is 2.90. The Morgan fingerprint density at radius 3 is 2.71 bits per heavy atom. The van der Waals surface area contributed by atoms with Gasteiger partial charge in [-0.2, -0.15) is 0 Å². The van der Waals surface area contributed by atoms with Crippen molar-refractivity contribution in [3.05, 3.63) is 29.6 Å². The minimum absolute atomic E-state index is 0.0519. The van der Waals surface area contributed by atoms with E-state index in [9.17, 15) is 4.39 Å². The van der Waals surface area contributed by atoms with E-state index in [1.165, 1.54) is 19.3 Å². The molecule has 1 atom stereocenters. The molecule has 2 nitrogen and oxygen atoms in total. The Balaban J connectivity index is 2.05. The zero-order chi connectivity index (χ0) is 15.5. The second-order valence-electron chi connectivity index (χ2n) is 7.25. The lowest BCUT2D eigenvalue weighted by atomic mass is 9.95. The zero-order valence-corrected chi connectivity index (χ0v) is 13.9. The number of nitrogens with one attached hydrogen (secondary N) is 1. The highest BCUT2D eigenvalue weighted by Crippen LogP contribution is 2.27. The number of anilines is 1. The fraction of sp³-hybridized carbons (Fsp3) is 0.667. The maximum atomic E-state index is 14.4. The topological polar surface area (TPSA) is 15.3 Å². The first-order valence-corrected chi connectivity index (χ1v) is 8.17. The first kappa shape index (κ1) is 16.3. The highest BCUT2D eigenvalue weighted by molar-refractivity contribution is 5.49. The van der Waals surface area contributed by atoms with E-state index in [4.69, 9.17) is 0 Å². The van der Waals surface area contributed by atoms with Crippen LogP contribution in [0.3, 0.4) is 0 Å². The number of rotatable bonds is 4. The maximum Gasteiger partial charge on any atom is 0.146 e. The Morgan fingerprint density at radius 2 is 2.10 bits per heavy atom. The van der Waals surface area contributed by atoms with Crippen molar-refractivity contribution in [2.45, 2.75) is 59.0 Å². The molecule has 0 radical (unpaired) electrons. The molecule has 2 rings (SSSR count). The largest absolute Gasteiger partial charge is 0.369 e. The molecular weight excluding hydrogens is 263 g/mol. The second-order valence-corrected chi connectivity index (χ2v) is 7.25. The molecule has 1 N–H and O–H groups in total. The summed E-state index contributed by atoms with van der Waals surface area (Å²) in [6, 6.07) is 5.68. The molecule has 1 unspecified atom stereocenters. The molecule has 118 valence electrons. The van der Waals surface area contributed by atoms with Crippen molar-refractivity contribution < 1.29 is 4.39 Å². The van der Waals surface area contributed by atoms with Crippen LogP contribution in [0.2, 0.25) is 0 Å². The lowest BCUT2D eigenvalue weighted by Gasteiger charge is -2.34. The smallest absolute Gasteiger partial charge is 0.146 e. The van der Waals surface area contributed by atoms with Gasteiger partial charge >= 0.3 is 0 Å². The molecule has 0 aliphatic carbocycles. The van der Waals surface area contributed by atoms with Crippen LogP contribution in [0.15, 0.2) is 18.2 Å². The molecule has 1 aromatic rings. The summed E-state index contributed by atoms with van der Waals surface area (Å²) in [5.41, 5.74) is 1.83. The van der Waals surface area contributed by atoms with Gasteiger partial charge in [-0.05, 0) is 57.2 Å². The molecule has 0 aromatic heterocycles. The van der Waals surface area contributed by atoms with Crippen LogP contribution >= 0.6 is 0 Å². The van der Waals surface area contributed by atoms with Crippen LogP contribution in [-0.2, 0) is 6.54 Å². The number of hydrogen-bond acceptors (Lipinski definition) is 2. The molecule has 1 saturated heterocycles. The van der Waals surface area contributed by atoms with Crippen molar-refractivity contribution in [2.75, 3.05) is 18.0 Å². The van der Waals surface area contributed by atoms with Crippen LogP contribution in [0.5, 0.6) is 0 Å². The first-order chi connectivity index (χ1) is 9.89. The molecule has 0 amide bonds. The summed E-state index contributed by atoms with van der Waals surface area (Å²) in [6.45, 7) is 11.3. The van der Waals surface area contributed by atoms with Crippen LogP contribution in [0.1, 0.15) is 52.5 Å². The summed E-state index contributed by atoms with van der Waals surface area (Å²) < 4.78 is 14.4. The minimum atomic E-state index is -0.0834. The molecule has 0 spiro atoms. The van der Waals surface area contributed by atoms with Gasteiger partial charge in [-0.25, -0.2) is 4.39 Å². The van der Waals surface area contributed by atoms with Gasteiger partial charge in [-0.3, -0.25) is 0 Å². The Morgan fingerprint density at radius 1 is 1.33 bits per heavy atom. The van der Waals surface area contributed by atoms with Gasteiger partial charge in [0.25, 0.3) is 0 Å². The molecule has 1 fully saturated rings. The van der Waals surface area contributed by atoms with E-state index in [1.54, 1.807) is 6.07 Å². The molecule has 0 bridgehead atoms. The normalized spacial score (nSPS) is 19.9. The molecule has 1 aliphatic rings.